The average Bonchev–Trinajstić information content (AvgIpc) is 2.80. The zero-order valence-corrected chi connectivity index (χ0v) is 18.4. The van der Waals surface area contributed by atoms with Gasteiger partial charge in [-0.15, -0.1) is 0 Å². The molecule has 10 heteroatoms. The van der Waals surface area contributed by atoms with Crippen molar-refractivity contribution in [1.82, 2.24) is 16.0 Å². The van der Waals surface area contributed by atoms with Gasteiger partial charge in [-0.25, -0.2) is 0 Å². The van der Waals surface area contributed by atoms with Crippen molar-refractivity contribution < 1.29 is 23.9 Å². The number of hydrogen-bond acceptors (Lipinski definition) is 7. The van der Waals surface area contributed by atoms with E-state index in [1.54, 1.807) is 37.4 Å². The highest BCUT2D eigenvalue weighted by atomic mass is 16.5. The van der Waals surface area contributed by atoms with E-state index in [0.717, 1.165) is 0 Å². The first kappa shape index (κ1) is 22.4. The number of benzene rings is 2. The van der Waals surface area contributed by atoms with Crippen molar-refractivity contribution in [3.8, 4) is 11.5 Å². The minimum absolute atomic E-state index is 0.0796. The van der Waals surface area contributed by atoms with Gasteiger partial charge in [0.1, 0.15) is 11.5 Å². The highest BCUT2D eigenvalue weighted by Gasteiger charge is 2.48. The third-order valence-electron chi connectivity index (χ3n) is 5.63. The Hall–Kier alpha value is -3.79. The average molecular weight is 453 g/mol. The van der Waals surface area contributed by atoms with E-state index in [1.807, 2.05) is 25.1 Å². The highest BCUT2D eigenvalue weighted by molar-refractivity contribution is 6.00. The molecular formula is C23H27N5O5. The molecule has 174 valence electrons. The molecule has 0 spiro atoms. The van der Waals surface area contributed by atoms with Gasteiger partial charge in [0, 0.05) is 12.1 Å². The zero-order chi connectivity index (χ0) is 23.4. The topological polar surface area (TPSA) is 130 Å². The van der Waals surface area contributed by atoms with Crippen LogP contribution in [0.2, 0.25) is 0 Å². The third-order valence-corrected chi connectivity index (χ3v) is 5.63. The summed E-state index contributed by atoms with van der Waals surface area (Å²) in [4.78, 5) is 38.4. The Balaban J connectivity index is 1.45. The summed E-state index contributed by atoms with van der Waals surface area (Å²) in [6.07, 6.45) is -1.45. The molecule has 2 aliphatic heterocycles. The van der Waals surface area contributed by atoms with E-state index in [9.17, 15) is 14.4 Å². The Labute approximate surface area is 191 Å². The van der Waals surface area contributed by atoms with E-state index >= 15 is 0 Å². The van der Waals surface area contributed by atoms with Gasteiger partial charge >= 0.3 is 0 Å². The number of amides is 3. The highest BCUT2D eigenvalue weighted by Crippen LogP contribution is 2.29. The summed E-state index contributed by atoms with van der Waals surface area (Å²) in [6, 6.07) is 14.2. The molecule has 3 amide bonds. The van der Waals surface area contributed by atoms with Gasteiger partial charge in [0.05, 0.1) is 37.4 Å². The summed E-state index contributed by atoms with van der Waals surface area (Å²) < 4.78 is 10.7. The monoisotopic (exact) mass is 453 g/mol. The van der Waals surface area contributed by atoms with Crippen LogP contribution in [0.3, 0.4) is 0 Å². The zero-order valence-electron chi connectivity index (χ0n) is 18.4. The minimum Gasteiger partial charge on any atom is -0.495 e. The van der Waals surface area contributed by atoms with Gasteiger partial charge < -0.3 is 30.7 Å². The fourth-order valence-corrected chi connectivity index (χ4v) is 4.11. The lowest BCUT2D eigenvalue weighted by atomic mass is 9.81. The van der Waals surface area contributed by atoms with Gasteiger partial charge in [0.2, 0.25) is 17.7 Å². The quantitative estimate of drug-likeness (QED) is 0.426. The number of methoxy groups -OCH3 is 1. The van der Waals surface area contributed by atoms with Crippen molar-refractivity contribution in [2.24, 2.45) is 11.8 Å². The summed E-state index contributed by atoms with van der Waals surface area (Å²) in [5.41, 5.74) is 1.23. The number of carbonyl (C=O) groups is 3. The van der Waals surface area contributed by atoms with E-state index < -0.39 is 30.2 Å². The number of fused-ring (bicyclic) bond motifs is 1. The van der Waals surface area contributed by atoms with Crippen LogP contribution in [0.1, 0.15) is 13.3 Å². The molecule has 2 saturated heterocycles. The first-order chi connectivity index (χ1) is 16.0. The molecule has 0 saturated carbocycles. The minimum atomic E-state index is -0.824. The Morgan fingerprint density at radius 1 is 1.09 bits per heavy atom. The predicted molar refractivity (Wildman–Crippen MR) is 121 cm³/mol. The van der Waals surface area contributed by atoms with Crippen LogP contribution in [-0.2, 0) is 14.4 Å². The second kappa shape index (κ2) is 9.78. The SMILES string of the molecule is CCOc1ccc(NC(=O)C2CC(=O)NC3NC(Nc4ccccc4OC)NC(=O)C32)cc1. The van der Waals surface area contributed by atoms with Crippen LogP contribution in [0.5, 0.6) is 11.5 Å². The van der Waals surface area contributed by atoms with Crippen LogP contribution >= 0.6 is 0 Å². The standard InChI is InChI=1S/C23H27N5O5/c1-3-33-14-10-8-13(9-11-14)24-21(30)15-12-18(29)26-20-19(15)22(31)28-23(27-20)25-16-6-4-5-7-17(16)32-2/h4-11,15,19-20,23,25,27H,3,12H2,1-2H3,(H,24,30)(H,26,29)(H,28,31). The maximum atomic E-state index is 13.0. The molecule has 0 aromatic heterocycles. The molecule has 2 aromatic carbocycles. The molecule has 2 fully saturated rings. The summed E-state index contributed by atoms with van der Waals surface area (Å²) in [5.74, 6) is -1.32. The number of ether oxygens (including phenoxy) is 2. The van der Waals surface area contributed by atoms with Crippen LogP contribution in [-0.4, -0.2) is 43.9 Å². The van der Waals surface area contributed by atoms with Crippen molar-refractivity contribution in [3.63, 3.8) is 0 Å². The normalized spacial score (nSPS) is 24.1. The van der Waals surface area contributed by atoms with Crippen LogP contribution in [0.15, 0.2) is 48.5 Å². The molecule has 4 atom stereocenters. The number of para-hydroxylation sites is 2. The molecular weight excluding hydrogens is 426 g/mol. The van der Waals surface area contributed by atoms with Gasteiger partial charge in [0.15, 0.2) is 6.29 Å². The van der Waals surface area contributed by atoms with E-state index in [1.165, 1.54) is 0 Å². The fourth-order valence-electron chi connectivity index (χ4n) is 4.11. The lowest BCUT2D eigenvalue weighted by Gasteiger charge is -2.43. The van der Waals surface area contributed by atoms with Crippen molar-refractivity contribution in [1.29, 1.82) is 0 Å². The van der Waals surface area contributed by atoms with Gasteiger partial charge in [-0.3, -0.25) is 19.7 Å². The van der Waals surface area contributed by atoms with Crippen molar-refractivity contribution in [2.75, 3.05) is 24.4 Å². The Bertz CT molecular complexity index is 1030. The summed E-state index contributed by atoms with van der Waals surface area (Å²) in [7, 11) is 1.55. The van der Waals surface area contributed by atoms with Crippen molar-refractivity contribution >= 4 is 29.1 Å². The van der Waals surface area contributed by atoms with E-state index in [4.69, 9.17) is 9.47 Å². The first-order valence-corrected chi connectivity index (χ1v) is 10.8. The molecule has 0 aliphatic carbocycles. The van der Waals surface area contributed by atoms with E-state index in [2.05, 4.69) is 26.6 Å². The molecule has 33 heavy (non-hydrogen) atoms. The maximum Gasteiger partial charge on any atom is 0.229 e. The molecule has 2 aromatic rings. The van der Waals surface area contributed by atoms with Crippen molar-refractivity contribution in [2.45, 2.75) is 25.8 Å². The Morgan fingerprint density at radius 2 is 1.85 bits per heavy atom. The van der Waals surface area contributed by atoms with Crippen molar-refractivity contribution in [3.05, 3.63) is 48.5 Å². The molecule has 4 unspecified atom stereocenters. The summed E-state index contributed by atoms with van der Waals surface area (Å²) in [5, 5.41) is 14.7. The number of piperidine rings is 1. The summed E-state index contributed by atoms with van der Waals surface area (Å²) >= 11 is 0. The van der Waals surface area contributed by atoms with Crippen LogP contribution < -0.4 is 36.1 Å². The molecule has 2 aliphatic rings. The lowest BCUT2D eigenvalue weighted by molar-refractivity contribution is -0.144. The molecule has 4 rings (SSSR count). The van der Waals surface area contributed by atoms with E-state index in [-0.39, 0.29) is 18.2 Å². The smallest absolute Gasteiger partial charge is 0.229 e. The number of nitrogens with one attached hydrogen (secondary N) is 5. The number of anilines is 2. The molecule has 2 heterocycles. The maximum absolute atomic E-state index is 13.0. The molecule has 5 N–H and O–H groups in total. The predicted octanol–water partition coefficient (Wildman–Crippen LogP) is 1.23. The largest absolute Gasteiger partial charge is 0.495 e. The summed E-state index contributed by atoms with van der Waals surface area (Å²) in [6.45, 7) is 2.43. The molecule has 0 radical (unpaired) electrons. The Kier molecular flexibility index (Phi) is 6.64. The van der Waals surface area contributed by atoms with Gasteiger partial charge in [0.25, 0.3) is 0 Å². The van der Waals surface area contributed by atoms with Crippen LogP contribution in [0, 0.1) is 11.8 Å². The van der Waals surface area contributed by atoms with Gasteiger partial charge in [-0.2, -0.15) is 0 Å². The number of rotatable bonds is 7. The fraction of sp³-hybridized carbons (Fsp3) is 0.348. The van der Waals surface area contributed by atoms with Gasteiger partial charge in [-0.05, 0) is 43.3 Å². The Morgan fingerprint density at radius 3 is 2.58 bits per heavy atom. The number of hydrogen-bond donors (Lipinski definition) is 5. The second-order valence-electron chi connectivity index (χ2n) is 7.78. The van der Waals surface area contributed by atoms with Crippen LogP contribution in [0.4, 0.5) is 11.4 Å². The van der Waals surface area contributed by atoms with Gasteiger partial charge in [-0.1, -0.05) is 12.1 Å². The first-order valence-electron chi connectivity index (χ1n) is 10.8. The second-order valence-corrected chi connectivity index (χ2v) is 7.78. The molecule has 0 bridgehead atoms. The molecule has 10 nitrogen and oxygen atoms in total. The van der Waals surface area contributed by atoms with Crippen LogP contribution in [0.25, 0.3) is 0 Å². The number of carbonyl (C=O) groups excluding carboxylic acids is 3. The lowest BCUT2D eigenvalue weighted by Crippen LogP contribution is -2.72. The third kappa shape index (κ3) is 5.01. The van der Waals surface area contributed by atoms with E-state index in [0.29, 0.717) is 29.5 Å².